The highest BCUT2D eigenvalue weighted by molar-refractivity contribution is 7.87. The Hall–Kier alpha value is -4.62. The van der Waals surface area contributed by atoms with Gasteiger partial charge in [-0.2, -0.15) is 47.9 Å². The van der Waals surface area contributed by atoms with Crippen LogP contribution in [0.1, 0.15) is 27.8 Å². The summed E-state index contributed by atoms with van der Waals surface area (Å²) in [4.78, 5) is 0. The fraction of sp³-hybridized carbons (Fsp3) is 0.211. The van der Waals surface area contributed by atoms with Crippen molar-refractivity contribution in [3.05, 3.63) is 131 Å². The van der Waals surface area contributed by atoms with Crippen molar-refractivity contribution in [1.29, 1.82) is 0 Å². The van der Waals surface area contributed by atoms with E-state index in [2.05, 4.69) is 124 Å². The largest absolute Gasteiger partial charge is 0.460 e. The van der Waals surface area contributed by atoms with Crippen molar-refractivity contribution in [3.8, 4) is 44.5 Å². The van der Waals surface area contributed by atoms with Gasteiger partial charge in [0.05, 0.1) is 0 Å². The first-order valence-corrected chi connectivity index (χ1v) is 16.7. The molecule has 0 atom stereocenters. The monoisotopic (exact) mass is 736 g/mol. The Morgan fingerprint density at radius 1 is 0.529 bits per heavy atom. The maximum absolute atomic E-state index is 12.2. The first-order chi connectivity index (χ1) is 23.6. The molecule has 0 amide bonds. The molecule has 0 heterocycles. The fourth-order valence-electron chi connectivity index (χ4n) is 5.82. The second kappa shape index (κ2) is 13.2. The van der Waals surface area contributed by atoms with Gasteiger partial charge in [-0.3, -0.25) is 4.55 Å². The fourth-order valence-corrected chi connectivity index (χ4v) is 6.27. The third-order valence-corrected chi connectivity index (χ3v) is 9.50. The molecule has 1 N–H and O–H groups in total. The van der Waals surface area contributed by atoms with Crippen LogP contribution in [0.15, 0.2) is 103 Å². The van der Waals surface area contributed by atoms with E-state index in [-0.39, 0.29) is 0 Å². The van der Waals surface area contributed by atoms with E-state index in [9.17, 15) is 47.9 Å². The van der Waals surface area contributed by atoms with E-state index in [1.54, 1.807) is 0 Å². The molecule has 0 aromatic heterocycles. The predicted molar refractivity (Wildman–Crippen MR) is 178 cm³/mol. The van der Waals surface area contributed by atoms with Crippen molar-refractivity contribution in [1.82, 2.24) is 0 Å². The molecule has 268 valence electrons. The summed E-state index contributed by atoms with van der Waals surface area (Å²) in [7, 11) is -7.17. The molecule has 0 spiro atoms. The molecule has 6 rings (SSSR count). The van der Waals surface area contributed by atoms with Gasteiger partial charge in [-0.15, -0.1) is 0 Å². The molecule has 0 radical (unpaired) electrons. The maximum Gasteiger partial charge on any atom is 0.460 e. The summed E-state index contributed by atoms with van der Waals surface area (Å²) in [6.07, 6.45) is -6.16. The van der Waals surface area contributed by atoms with Crippen LogP contribution in [-0.2, 0) is 16.5 Å². The van der Waals surface area contributed by atoms with E-state index >= 15 is 0 Å². The summed E-state index contributed by atoms with van der Waals surface area (Å²) in [6.45, 7) is 6.47. The Labute approximate surface area is 288 Å². The summed E-state index contributed by atoms with van der Waals surface area (Å²) >= 11 is 0. The third kappa shape index (κ3) is 6.76. The van der Waals surface area contributed by atoms with E-state index in [1.165, 1.54) is 72.3 Å². The minimum atomic E-state index is -7.37. The lowest BCUT2D eigenvalue weighted by Gasteiger charge is -2.31. The van der Waals surface area contributed by atoms with Crippen LogP contribution in [0.2, 0.25) is 0 Å². The number of benzene rings is 5. The van der Waals surface area contributed by atoms with Crippen molar-refractivity contribution in [3.63, 3.8) is 0 Å². The van der Waals surface area contributed by atoms with Crippen LogP contribution in [0.4, 0.5) is 39.5 Å². The van der Waals surface area contributed by atoms with Gasteiger partial charge in [0.15, 0.2) is 0 Å². The minimum Gasteiger partial charge on any atom is -0.281 e. The van der Waals surface area contributed by atoms with Gasteiger partial charge in [0.25, 0.3) is 0 Å². The average molecular weight is 737 g/mol. The Morgan fingerprint density at radius 3 is 1.41 bits per heavy atom. The van der Waals surface area contributed by atoms with Crippen molar-refractivity contribution < 1.29 is 52.5 Å². The Bertz CT molecular complexity index is 2180. The molecule has 0 saturated carbocycles. The number of hydrogen-bond donors (Lipinski definition) is 1. The molecule has 0 bridgehead atoms. The van der Waals surface area contributed by atoms with Gasteiger partial charge in [0.1, 0.15) is 0 Å². The van der Waals surface area contributed by atoms with E-state index in [4.69, 9.17) is 4.55 Å². The van der Waals surface area contributed by atoms with Gasteiger partial charge in [-0.25, -0.2) is 0 Å². The van der Waals surface area contributed by atoms with E-state index in [1.807, 2.05) is 0 Å². The highest BCUT2D eigenvalue weighted by Gasteiger charge is 2.85. The molecule has 5 aromatic rings. The molecule has 0 unspecified atom stereocenters. The molecule has 0 fully saturated rings. The first-order valence-electron chi connectivity index (χ1n) is 15.2. The lowest BCUT2D eigenvalue weighted by atomic mass is 9.82. The summed E-state index contributed by atoms with van der Waals surface area (Å²) in [6, 6.07) is 38.4. The zero-order valence-electron chi connectivity index (χ0n) is 27.1. The van der Waals surface area contributed by atoms with Gasteiger partial charge < -0.3 is 0 Å². The quantitative estimate of drug-likeness (QED) is 0.137. The lowest BCUT2D eigenvalue weighted by Crippen LogP contribution is -2.63. The van der Waals surface area contributed by atoms with Crippen LogP contribution in [0.3, 0.4) is 0 Å². The summed E-state index contributed by atoms with van der Waals surface area (Å²) in [5.41, 5.74) is 17.3. The topological polar surface area (TPSA) is 54.4 Å². The molecule has 0 saturated heterocycles. The molecule has 13 heteroatoms. The number of halogens is 9. The molecule has 1 aliphatic rings. The van der Waals surface area contributed by atoms with Gasteiger partial charge in [-0.1, -0.05) is 114 Å². The Balaban J connectivity index is 0.000000253. The SMILES string of the molecule is Cc1ccc(-c2cc3c(c(-c4ccc(C)cc4)c2-c2ccc(C)cc2)Cc2ccccc2-3)cc1.O=S(=O)(O)C(F)(F)C(F)(F)C(F)(F)C(F)(F)F. The zero-order chi connectivity index (χ0) is 37.7. The molecule has 51 heavy (non-hydrogen) atoms. The van der Waals surface area contributed by atoms with Crippen LogP contribution < -0.4 is 0 Å². The second-order valence-electron chi connectivity index (χ2n) is 12.3. The number of fused-ring (bicyclic) bond motifs is 3. The van der Waals surface area contributed by atoms with E-state index in [0.29, 0.717) is 0 Å². The third-order valence-electron chi connectivity index (χ3n) is 8.59. The normalized spacial score (nSPS) is 13.3. The van der Waals surface area contributed by atoms with Crippen molar-refractivity contribution >= 4 is 10.1 Å². The summed E-state index contributed by atoms with van der Waals surface area (Å²) in [5.74, 6) is -14.7. The Kier molecular flexibility index (Phi) is 9.72. The van der Waals surface area contributed by atoms with Crippen LogP contribution in [0.5, 0.6) is 0 Å². The highest BCUT2D eigenvalue weighted by Crippen LogP contribution is 2.54. The number of hydrogen-bond acceptors (Lipinski definition) is 2. The van der Waals surface area contributed by atoms with Crippen LogP contribution in [0.25, 0.3) is 44.5 Å². The summed E-state index contributed by atoms with van der Waals surface area (Å²) in [5, 5.41) is -7.00. The van der Waals surface area contributed by atoms with Crippen LogP contribution in [-0.4, -0.2) is 36.2 Å². The molecule has 5 aromatic carbocycles. The predicted octanol–water partition coefficient (Wildman–Crippen LogP) is 11.5. The number of rotatable bonds is 6. The summed E-state index contributed by atoms with van der Waals surface area (Å²) < 4.78 is 134. The first kappa shape index (κ1) is 37.6. The molecular formula is C38H29F9O3S. The number of aryl methyl sites for hydroxylation is 3. The second-order valence-corrected chi connectivity index (χ2v) is 13.7. The lowest BCUT2D eigenvalue weighted by molar-refractivity contribution is -0.382. The van der Waals surface area contributed by atoms with Crippen molar-refractivity contribution in [2.24, 2.45) is 0 Å². The van der Waals surface area contributed by atoms with E-state index < -0.39 is 33.4 Å². The van der Waals surface area contributed by atoms with Crippen LogP contribution >= 0.6 is 0 Å². The number of alkyl halides is 9. The molecule has 1 aliphatic carbocycles. The zero-order valence-corrected chi connectivity index (χ0v) is 27.9. The molecule has 0 aliphatic heterocycles. The minimum absolute atomic E-state index is 0.974. The van der Waals surface area contributed by atoms with Gasteiger partial charge in [0, 0.05) is 0 Å². The van der Waals surface area contributed by atoms with Gasteiger partial charge in [-0.05, 0) is 88.9 Å². The van der Waals surface area contributed by atoms with Crippen LogP contribution in [0, 0.1) is 20.8 Å². The van der Waals surface area contributed by atoms with Crippen molar-refractivity contribution in [2.45, 2.75) is 50.5 Å². The highest BCUT2D eigenvalue weighted by atomic mass is 32.2. The standard InChI is InChI=1S/C34H28.C4HF9O3S/c1-22-8-14-25(15-9-22)30-21-31-29-7-5-4-6-28(29)20-32(31)34(27-18-12-24(3)13-19-27)33(30)26-16-10-23(2)11-17-26;5-1(6,3(9,10)11)2(7,8)4(12,13)17(14,15)16/h4-19,21H,20H2,1-3H3;(H,14,15,16). The molecule has 3 nitrogen and oxygen atoms in total. The Morgan fingerprint density at radius 2 is 0.961 bits per heavy atom. The molecular weight excluding hydrogens is 707 g/mol. The average Bonchev–Trinajstić information content (AvgIpc) is 3.43. The van der Waals surface area contributed by atoms with Crippen molar-refractivity contribution in [2.75, 3.05) is 0 Å². The smallest absolute Gasteiger partial charge is 0.281 e. The van der Waals surface area contributed by atoms with E-state index in [0.717, 1.165) is 6.42 Å². The maximum atomic E-state index is 12.2. The van der Waals surface area contributed by atoms with Gasteiger partial charge >= 0.3 is 33.4 Å². The van der Waals surface area contributed by atoms with Gasteiger partial charge in [0.2, 0.25) is 0 Å².